The van der Waals surface area contributed by atoms with Crippen molar-refractivity contribution < 1.29 is 69.1 Å². The summed E-state index contributed by atoms with van der Waals surface area (Å²) in [5.74, 6) is -6.02. The number of hydrogen-bond donors (Lipinski definition) is 5. The highest BCUT2D eigenvalue weighted by atomic mass is 19.4. The second kappa shape index (κ2) is 21.4. The predicted molar refractivity (Wildman–Crippen MR) is 193 cm³/mol. The van der Waals surface area contributed by atoms with Crippen molar-refractivity contribution in [3.8, 4) is 0 Å². The van der Waals surface area contributed by atoms with Crippen LogP contribution in [0.5, 0.6) is 0 Å². The van der Waals surface area contributed by atoms with E-state index >= 15 is 0 Å². The monoisotopic (exact) mass is 850 g/mol. The van der Waals surface area contributed by atoms with Gasteiger partial charge in [0.15, 0.2) is 0 Å². The van der Waals surface area contributed by atoms with Crippen molar-refractivity contribution in [1.82, 2.24) is 16.0 Å². The standard InChI is InChI=1S/C14H21F3N2O2.C13H19F3N2O2.C10H15F3N2O2/c1-21-19-12(10-7-8-10)11(9-5-3-2-4-6-9)18-13(20)14(15,16)17;14-13(15,16)12(19)17-10(8-4-2-1-3-5-8)11(18-20)9-6-7-9;1-5(2)7(8(15-17)6-3-4-6)14-9(16)10(11,12)13/h9-11H,2-8H2,1H3,(H,18,20);8-10,20H,1-7H2,(H,17,19);5-7,17H,3-4H2,1-2H3,(H,14,16)/t11-;10-;7-/m000/s1. The van der Waals surface area contributed by atoms with Gasteiger partial charge in [0, 0.05) is 17.8 Å². The van der Waals surface area contributed by atoms with E-state index in [4.69, 9.17) is 15.3 Å². The molecule has 5 aliphatic carbocycles. The third-order valence-electron chi connectivity index (χ3n) is 10.9. The van der Waals surface area contributed by atoms with E-state index in [2.05, 4.69) is 20.8 Å². The fourth-order valence-electron chi connectivity index (χ4n) is 7.48. The van der Waals surface area contributed by atoms with E-state index in [1.54, 1.807) is 13.8 Å². The number of alkyl halides is 9. The molecule has 3 atom stereocenters. The molecule has 0 aromatic rings. The quantitative estimate of drug-likeness (QED) is 0.0547. The van der Waals surface area contributed by atoms with Crippen molar-refractivity contribution in [2.45, 2.75) is 153 Å². The van der Waals surface area contributed by atoms with Crippen LogP contribution in [-0.2, 0) is 19.2 Å². The molecule has 5 rings (SSSR count). The zero-order chi connectivity index (χ0) is 43.4. The summed E-state index contributed by atoms with van der Waals surface area (Å²) in [4.78, 5) is 38.2. The SMILES string of the molecule is CC(C)[C@H](NC(=O)C(F)(F)F)C(=NO)C1CC1.CON=C(C1CC1)[C@@H](NC(=O)C(F)(F)F)C1CCCCC1.O=C(N[C@H](C(=NO)C1CC1)C1CCCCC1)C(F)(F)F. The van der Waals surface area contributed by atoms with Gasteiger partial charge in [0.25, 0.3) is 0 Å². The van der Waals surface area contributed by atoms with Gasteiger partial charge in [-0.15, -0.1) is 0 Å². The van der Waals surface area contributed by atoms with Crippen molar-refractivity contribution in [2.24, 2.45) is 51.0 Å². The van der Waals surface area contributed by atoms with Crippen LogP contribution in [0.4, 0.5) is 39.5 Å². The average Bonchev–Trinajstić information content (AvgIpc) is 3.99. The molecule has 3 amide bonds. The molecular formula is C37H55F9N6O6. The Hall–Kier alpha value is -3.81. The average molecular weight is 851 g/mol. The van der Waals surface area contributed by atoms with Crippen molar-refractivity contribution in [3.05, 3.63) is 0 Å². The Balaban J connectivity index is 0.000000234. The summed E-state index contributed by atoms with van der Waals surface area (Å²) in [6.07, 6.45) is -0.573. The number of halogens is 9. The van der Waals surface area contributed by atoms with Crippen molar-refractivity contribution in [1.29, 1.82) is 0 Å². The molecule has 332 valence electrons. The largest absolute Gasteiger partial charge is 0.471 e. The number of nitrogens with zero attached hydrogens (tertiary/aromatic N) is 3. The maximum Gasteiger partial charge on any atom is 0.471 e. The molecule has 5 N–H and O–H groups in total. The van der Waals surface area contributed by atoms with Crippen LogP contribution < -0.4 is 16.0 Å². The number of oxime groups is 3. The van der Waals surface area contributed by atoms with E-state index in [0.29, 0.717) is 11.4 Å². The first-order valence-electron chi connectivity index (χ1n) is 19.8. The summed E-state index contributed by atoms with van der Waals surface area (Å²) in [6, 6.07) is -2.32. The van der Waals surface area contributed by atoms with Gasteiger partial charge in [-0.2, -0.15) is 39.5 Å². The maximum absolute atomic E-state index is 12.6. The topological polar surface area (TPSA) is 174 Å². The van der Waals surface area contributed by atoms with Gasteiger partial charge < -0.3 is 31.2 Å². The van der Waals surface area contributed by atoms with Crippen LogP contribution >= 0.6 is 0 Å². The summed E-state index contributed by atoms with van der Waals surface area (Å²) in [7, 11) is 1.38. The Kier molecular flexibility index (Phi) is 18.0. The fraction of sp³-hybridized carbons (Fsp3) is 0.838. The summed E-state index contributed by atoms with van der Waals surface area (Å²) in [5, 5.41) is 34.2. The molecule has 0 bridgehead atoms. The molecule has 21 heteroatoms. The first-order chi connectivity index (χ1) is 27.1. The van der Waals surface area contributed by atoms with E-state index in [0.717, 1.165) is 103 Å². The van der Waals surface area contributed by atoms with Crippen LogP contribution in [0.1, 0.15) is 117 Å². The van der Waals surface area contributed by atoms with Gasteiger partial charge in [0.1, 0.15) is 7.11 Å². The van der Waals surface area contributed by atoms with Gasteiger partial charge in [-0.3, -0.25) is 14.4 Å². The molecule has 0 saturated heterocycles. The highest BCUT2D eigenvalue weighted by molar-refractivity contribution is 5.98. The highest BCUT2D eigenvalue weighted by Crippen LogP contribution is 2.38. The Labute approximate surface area is 331 Å². The molecular weight excluding hydrogens is 795 g/mol. The molecule has 12 nitrogen and oxygen atoms in total. The smallest absolute Gasteiger partial charge is 0.411 e. The number of carbonyl (C=O) groups excluding carboxylic acids is 3. The third-order valence-corrected chi connectivity index (χ3v) is 10.9. The van der Waals surface area contributed by atoms with Crippen molar-refractivity contribution in [3.63, 3.8) is 0 Å². The molecule has 5 saturated carbocycles. The lowest BCUT2D eigenvalue weighted by Crippen LogP contribution is -2.51. The Morgan fingerprint density at radius 2 is 0.862 bits per heavy atom. The number of amides is 3. The molecule has 0 heterocycles. The third kappa shape index (κ3) is 15.4. The lowest BCUT2D eigenvalue weighted by atomic mass is 9.81. The van der Waals surface area contributed by atoms with Crippen LogP contribution in [0, 0.1) is 35.5 Å². The van der Waals surface area contributed by atoms with E-state index in [1.807, 2.05) is 10.6 Å². The molecule has 5 fully saturated rings. The molecule has 0 spiro atoms. The normalized spacial score (nSPS) is 22.0. The van der Waals surface area contributed by atoms with Crippen LogP contribution in [0.3, 0.4) is 0 Å². The van der Waals surface area contributed by atoms with E-state index < -0.39 is 54.4 Å². The number of nitrogens with one attached hydrogen (secondary N) is 3. The number of rotatable bonds is 13. The fourth-order valence-corrected chi connectivity index (χ4v) is 7.48. The molecule has 0 aromatic heterocycles. The predicted octanol–water partition coefficient (Wildman–Crippen LogP) is 7.81. The number of hydrogen-bond acceptors (Lipinski definition) is 9. The summed E-state index contributed by atoms with van der Waals surface area (Å²) >= 11 is 0. The molecule has 0 aromatic carbocycles. The van der Waals surface area contributed by atoms with Crippen molar-refractivity contribution >= 4 is 34.9 Å². The van der Waals surface area contributed by atoms with E-state index in [-0.39, 0.29) is 41.2 Å². The van der Waals surface area contributed by atoms with Crippen LogP contribution in [0.15, 0.2) is 15.5 Å². The number of carbonyl (C=O) groups is 3. The van der Waals surface area contributed by atoms with Crippen LogP contribution in [0.25, 0.3) is 0 Å². The summed E-state index contributed by atoms with van der Waals surface area (Å²) in [5.41, 5.74) is 1.12. The maximum atomic E-state index is 12.6. The van der Waals surface area contributed by atoms with Crippen LogP contribution in [0.2, 0.25) is 0 Å². The molecule has 5 aliphatic rings. The van der Waals surface area contributed by atoms with Crippen LogP contribution in [-0.4, -0.2) is 89.0 Å². The lowest BCUT2D eigenvalue weighted by molar-refractivity contribution is -0.174. The second-order valence-electron chi connectivity index (χ2n) is 16.0. The zero-order valence-corrected chi connectivity index (χ0v) is 32.8. The van der Waals surface area contributed by atoms with Gasteiger partial charge >= 0.3 is 36.3 Å². The molecule has 58 heavy (non-hydrogen) atoms. The first-order valence-corrected chi connectivity index (χ1v) is 19.8. The highest BCUT2D eigenvalue weighted by Gasteiger charge is 2.47. The zero-order valence-electron chi connectivity index (χ0n) is 32.8. The van der Waals surface area contributed by atoms with Gasteiger partial charge in [-0.25, -0.2) is 0 Å². The van der Waals surface area contributed by atoms with Gasteiger partial charge in [-0.05, 0) is 82.0 Å². The minimum Gasteiger partial charge on any atom is -0.411 e. The minimum absolute atomic E-state index is 0.0130. The Morgan fingerprint density at radius 3 is 1.17 bits per heavy atom. The molecule has 0 aliphatic heterocycles. The Bertz CT molecular complexity index is 1450. The second-order valence-corrected chi connectivity index (χ2v) is 16.0. The minimum atomic E-state index is -4.92. The molecule has 0 unspecified atom stereocenters. The van der Waals surface area contributed by atoms with Crippen molar-refractivity contribution in [2.75, 3.05) is 7.11 Å². The summed E-state index contributed by atoms with van der Waals surface area (Å²) < 4.78 is 111. The molecule has 0 radical (unpaired) electrons. The van der Waals surface area contributed by atoms with Gasteiger partial charge in [-0.1, -0.05) is 67.8 Å². The first kappa shape index (κ1) is 48.6. The van der Waals surface area contributed by atoms with E-state index in [1.165, 1.54) is 7.11 Å². The summed E-state index contributed by atoms with van der Waals surface area (Å²) in [6.45, 7) is 3.32. The van der Waals surface area contributed by atoms with Gasteiger partial charge in [0.05, 0.1) is 35.3 Å². The Morgan fingerprint density at radius 1 is 0.534 bits per heavy atom. The van der Waals surface area contributed by atoms with E-state index in [9.17, 15) is 53.9 Å². The lowest BCUT2D eigenvalue weighted by Gasteiger charge is -2.31. The van der Waals surface area contributed by atoms with Gasteiger partial charge in [0.2, 0.25) is 0 Å².